The molecular weight excluding hydrogens is 306 g/mol. The van der Waals surface area contributed by atoms with E-state index in [0.717, 1.165) is 27.6 Å². The summed E-state index contributed by atoms with van der Waals surface area (Å²) in [4.78, 5) is 4.68. The van der Waals surface area contributed by atoms with Crippen molar-refractivity contribution in [3.63, 3.8) is 0 Å². The monoisotopic (exact) mass is 323 g/mol. The zero-order valence-corrected chi connectivity index (χ0v) is 13.9. The predicted octanol–water partition coefficient (Wildman–Crippen LogP) is 4.43. The molecule has 5 heteroatoms. The largest absolute Gasteiger partial charge is 0.494 e. The van der Waals surface area contributed by atoms with Crippen LogP contribution in [0.15, 0.2) is 53.7 Å². The molecule has 4 nitrogen and oxygen atoms in total. The molecule has 3 aromatic rings. The van der Waals surface area contributed by atoms with Gasteiger partial charge < -0.3 is 4.74 Å². The molecule has 116 valence electrons. The van der Waals surface area contributed by atoms with Crippen molar-refractivity contribution < 1.29 is 4.74 Å². The van der Waals surface area contributed by atoms with E-state index in [4.69, 9.17) is 10.00 Å². The first-order valence-corrected chi connectivity index (χ1v) is 8.38. The molecule has 0 aliphatic carbocycles. The van der Waals surface area contributed by atoms with Crippen LogP contribution >= 0.6 is 11.8 Å². The van der Waals surface area contributed by atoms with Crippen LogP contribution in [-0.2, 0) is 0 Å². The zero-order chi connectivity index (χ0) is 16.2. The van der Waals surface area contributed by atoms with Crippen LogP contribution in [0, 0.1) is 11.3 Å². The SMILES string of the molecule is CCOc1ccc(-n2c(SC(C)C#N)nc3ccccc32)cc1. The third kappa shape index (κ3) is 3.17. The van der Waals surface area contributed by atoms with Crippen LogP contribution in [0.1, 0.15) is 13.8 Å². The summed E-state index contributed by atoms with van der Waals surface area (Å²) in [7, 11) is 0. The van der Waals surface area contributed by atoms with E-state index < -0.39 is 0 Å². The highest BCUT2D eigenvalue weighted by Gasteiger charge is 2.15. The second-order valence-corrected chi connectivity index (χ2v) is 6.34. The van der Waals surface area contributed by atoms with Crippen molar-refractivity contribution in [1.29, 1.82) is 5.26 Å². The fourth-order valence-electron chi connectivity index (χ4n) is 2.38. The Kier molecular flexibility index (Phi) is 4.54. The number of benzene rings is 2. The molecule has 0 fully saturated rings. The number of imidazole rings is 1. The molecule has 0 N–H and O–H groups in total. The minimum atomic E-state index is -0.159. The van der Waals surface area contributed by atoms with Crippen molar-refractivity contribution in [2.75, 3.05) is 6.61 Å². The topological polar surface area (TPSA) is 50.8 Å². The second kappa shape index (κ2) is 6.76. The van der Waals surface area contributed by atoms with Crippen LogP contribution in [-0.4, -0.2) is 21.4 Å². The van der Waals surface area contributed by atoms with Crippen LogP contribution in [0.5, 0.6) is 5.75 Å². The molecule has 0 aliphatic rings. The van der Waals surface area contributed by atoms with Crippen molar-refractivity contribution >= 4 is 22.8 Å². The first-order valence-electron chi connectivity index (χ1n) is 7.50. The molecule has 1 aromatic heterocycles. The van der Waals surface area contributed by atoms with Gasteiger partial charge in [0, 0.05) is 5.69 Å². The quantitative estimate of drug-likeness (QED) is 0.652. The normalized spacial score (nSPS) is 12.0. The van der Waals surface area contributed by atoms with Gasteiger partial charge in [-0.15, -0.1) is 0 Å². The third-order valence-electron chi connectivity index (χ3n) is 3.40. The Bertz CT molecular complexity index is 849. The highest BCUT2D eigenvalue weighted by Crippen LogP contribution is 2.30. The molecule has 0 aliphatic heterocycles. The molecule has 1 unspecified atom stereocenters. The Balaban J connectivity index is 2.10. The maximum Gasteiger partial charge on any atom is 0.174 e. The van der Waals surface area contributed by atoms with Crippen LogP contribution < -0.4 is 4.74 Å². The molecule has 1 heterocycles. The number of ether oxygens (including phenoxy) is 1. The summed E-state index contributed by atoms with van der Waals surface area (Å²) in [6.07, 6.45) is 0. The van der Waals surface area contributed by atoms with E-state index in [9.17, 15) is 0 Å². The van der Waals surface area contributed by atoms with Crippen molar-refractivity contribution in [3.05, 3.63) is 48.5 Å². The average Bonchev–Trinajstić information content (AvgIpc) is 2.93. The lowest BCUT2D eigenvalue weighted by atomic mass is 10.2. The molecule has 1 atom stereocenters. The highest BCUT2D eigenvalue weighted by atomic mass is 32.2. The van der Waals surface area contributed by atoms with Gasteiger partial charge in [-0.05, 0) is 50.2 Å². The van der Waals surface area contributed by atoms with E-state index in [-0.39, 0.29) is 5.25 Å². The summed E-state index contributed by atoms with van der Waals surface area (Å²) in [5.41, 5.74) is 2.97. The molecule has 23 heavy (non-hydrogen) atoms. The van der Waals surface area contributed by atoms with E-state index in [1.54, 1.807) is 0 Å². The van der Waals surface area contributed by atoms with Crippen molar-refractivity contribution in [3.8, 4) is 17.5 Å². The fraction of sp³-hybridized carbons (Fsp3) is 0.222. The molecule has 0 spiro atoms. The lowest BCUT2D eigenvalue weighted by Crippen LogP contribution is -2.00. The Morgan fingerprint density at radius 2 is 1.96 bits per heavy atom. The maximum atomic E-state index is 9.10. The van der Waals surface area contributed by atoms with Gasteiger partial charge in [0.05, 0.1) is 29.0 Å². The molecule has 0 amide bonds. The number of para-hydroxylation sites is 2. The summed E-state index contributed by atoms with van der Waals surface area (Å²) >= 11 is 1.46. The molecule has 0 saturated carbocycles. The van der Waals surface area contributed by atoms with Gasteiger partial charge >= 0.3 is 0 Å². The van der Waals surface area contributed by atoms with Crippen LogP contribution in [0.4, 0.5) is 0 Å². The minimum Gasteiger partial charge on any atom is -0.494 e. The van der Waals surface area contributed by atoms with Crippen molar-refractivity contribution in [2.24, 2.45) is 0 Å². The van der Waals surface area contributed by atoms with Gasteiger partial charge in [0.1, 0.15) is 5.75 Å². The molecule has 0 radical (unpaired) electrons. The lowest BCUT2D eigenvalue weighted by molar-refractivity contribution is 0.340. The average molecular weight is 323 g/mol. The van der Waals surface area contributed by atoms with Gasteiger partial charge in [-0.25, -0.2) is 4.98 Å². The summed E-state index contributed by atoms with van der Waals surface area (Å²) in [5.74, 6) is 0.847. The van der Waals surface area contributed by atoms with E-state index in [1.165, 1.54) is 11.8 Å². The summed E-state index contributed by atoms with van der Waals surface area (Å²) in [5, 5.41) is 9.77. The number of hydrogen-bond acceptors (Lipinski definition) is 4. The molecule has 0 saturated heterocycles. The van der Waals surface area contributed by atoms with E-state index in [1.807, 2.05) is 62.4 Å². The van der Waals surface area contributed by atoms with Crippen LogP contribution in [0.3, 0.4) is 0 Å². The first-order chi connectivity index (χ1) is 11.2. The van der Waals surface area contributed by atoms with Gasteiger partial charge in [-0.1, -0.05) is 23.9 Å². The van der Waals surface area contributed by atoms with Crippen LogP contribution in [0.25, 0.3) is 16.7 Å². The highest BCUT2D eigenvalue weighted by molar-refractivity contribution is 8.00. The fourth-order valence-corrected chi connectivity index (χ4v) is 3.20. The van der Waals surface area contributed by atoms with Crippen LogP contribution in [0.2, 0.25) is 0 Å². The third-order valence-corrected chi connectivity index (χ3v) is 4.34. The van der Waals surface area contributed by atoms with E-state index in [0.29, 0.717) is 6.61 Å². The second-order valence-electron chi connectivity index (χ2n) is 5.03. The number of fused-ring (bicyclic) bond motifs is 1. The molecular formula is C18H17N3OS. The van der Waals surface area contributed by atoms with Gasteiger partial charge in [0.15, 0.2) is 5.16 Å². The molecule has 2 aromatic carbocycles. The number of nitriles is 1. The van der Waals surface area contributed by atoms with Crippen molar-refractivity contribution in [1.82, 2.24) is 9.55 Å². The Morgan fingerprint density at radius 3 is 2.65 bits per heavy atom. The first kappa shape index (κ1) is 15.4. The number of thioether (sulfide) groups is 1. The number of nitrogens with zero attached hydrogens (tertiary/aromatic N) is 3. The Hall–Kier alpha value is -2.45. The van der Waals surface area contributed by atoms with Gasteiger partial charge in [-0.3, -0.25) is 4.57 Å². The van der Waals surface area contributed by atoms with Gasteiger partial charge in [0.2, 0.25) is 0 Å². The Morgan fingerprint density at radius 1 is 1.22 bits per heavy atom. The summed E-state index contributed by atoms with van der Waals surface area (Å²) in [6, 6.07) is 18.2. The molecule has 3 rings (SSSR count). The van der Waals surface area contributed by atoms with Gasteiger partial charge in [-0.2, -0.15) is 5.26 Å². The number of rotatable bonds is 5. The standard InChI is InChI=1S/C18H17N3OS/c1-3-22-15-10-8-14(9-11-15)21-17-7-5-4-6-16(17)20-18(21)23-13(2)12-19/h4-11,13H,3H2,1-2H3. The Labute approximate surface area is 139 Å². The van der Waals surface area contributed by atoms with E-state index >= 15 is 0 Å². The summed E-state index contributed by atoms with van der Waals surface area (Å²) in [6.45, 7) is 4.50. The summed E-state index contributed by atoms with van der Waals surface area (Å²) < 4.78 is 7.59. The van der Waals surface area contributed by atoms with Gasteiger partial charge in [0.25, 0.3) is 0 Å². The minimum absolute atomic E-state index is 0.159. The number of aromatic nitrogens is 2. The van der Waals surface area contributed by atoms with E-state index in [2.05, 4.69) is 15.6 Å². The number of hydrogen-bond donors (Lipinski definition) is 0. The van der Waals surface area contributed by atoms with Crippen molar-refractivity contribution in [2.45, 2.75) is 24.3 Å². The molecule has 0 bridgehead atoms. The maximum absolute atomic E-state index is 9.10. The smallest absolute Gasteiger partial charge is 0.174 e. The lowest BCUT2D eigenvalue weighted by Gasteiger charge is -2.10. The zero-order valence-electron chi connectivity index (χ0n) is 13.1. The predicted molar refractivity (Wildman–Crippen MR) is 93.2 cm³/mol.